The SMILES string of the molecule is C=C/C=C1/OC(c2cccc(NC(=O)c3cccc(C#N)c3)c2)=NC1=N. The van der Waals surface area contributed by atoms with Crippen molar-refractivity contribution >= 4 is 23.3 Å². The van der Waals surface area contributed by atoms with Gasteiger partial charge in [0.15, 0.2) is 11.6 Å². The predicted molar refractivity (Wildman–Crippen MR) is 99.2 cm³/mol. The summed E-state index contributed by atoms with van der Waals surface area (Å²) in [5.74, 6) is 0.291. The Kier molecular flexibility index (Phi) is 4.72. The third kappa shape index (κ3) is 3.57. The molecule has 0 bridgehead atoms. The van der Waals surface area contributed by atoms with Crippen LogP contribution in [0.25, 0.3) is 0 Å². The highest BCUT2D eigenvalue weighted by atomic mass is 16.5. The van der Waals surface area contributed by atoms with E-state index in [-0.39, 0.29) is 17.6 Å². The first-order valence-electron chi connectivity index (χ1n) is 7.71. The molecule has 26 heavy (non-hydrogen) atoms. The van der Waals surface area contributed by atoms with Gasteiger partial charge in [0.2, 0.25) is 5.90 Å². The van der Waals surface area contributed by atoms with Gasteiger partial charge in [-0.3, -0.25) is 10.2 Å². The number of aliphatic imine (C=N–C) groups is 1. The maximum Gasteiger partial charge on any atom is 0.255 e. The molecule has 1 aliphatic rings. The molecule has 3 rings (SSSR count). The van der Waals surface area contributed by atoms with Gasteiger partial charge in [-0.1, -0.05) is 24.8 Å². The first kappa shape index (κ1) is 16.9. The number of hydrogen-bond donors (Lipinski definition) is 2. The maximum atomic E-state index is 12.4. The fourth-order valence-electron chi connectivity index (χ4n) is 2.34. The van der Waals surface area contributed by atoms with Gasteiger partial charge in [-0.25, -0.2) is 0 Å². The van der Waals surface area contributed by atoms with Gasteiger partial charge in [0.25, 0.3) is 5.91 Å². The fourth-order valence-corrected chi connectivity index (χ4v) is 2.34. The molecule has 0 atom stereocenters. The lowest BCUT2D eigenvalue weighted by atomic mass is 10.1. The molecule has 0 saturated heterocycles. The summed E-state index contributed by atoms with van der Waals surface area (Å²) in [6, 6.07) is 15.4. The molecule has 0 saturated carbocycles. The van der Waals surface area contributed by atoms with E-state index in [1.54, 1.807) is 48.5 Å². The van der Waals surface area contributed by atoms with Crippen LogP contribution < -0.4 is 5.32 Å². The Morgan fingerprint density at radius 3 is 2.85 bits per heavy atom. The summed E-state index contributed by atoms with van der Waals surface area (Å²) in [4.78, 5) is 16.4. The molecule has 0 fully saturated rings. The van der Waals surface area contributed by atoms with Crippen molar-refractivity contribution in [2.75, 3.05) is 5.32 Å². The minimum absolute atomic E-state index is 0.0163. The smallest absolute Gasteiger partial charge is 0.255 e. The van der Waals surface area contributed by atoms with Gasteiger partial charge in [-0.2, -0.15) is 10.3 Å². The second-order valence-electron chi connectivity index (χ2n) is 5.36. The van der Waals surface area contributed by atoms with Crippen molar-refractivity contribution in [3.63, 3.8) is 0 Å². The van der Waals surface area contributed by atoms with Gasteiger partial charge in [0, 0.05) is 16.8 Å². The molecule has 0 unspecified atom stereocenters. The molecular weight excluding hydrogens is 328 g/mol. The third-order valence-electron chi connectivity index (χ3n) is 3.54. The van der Waals surface area contributed by atoms with Crippen molar-refractivity contribution in [3.05, 3.63) is 89.7 Å². The second-order valence-corrected chi connectivity index (χ2v) is 5.36. The van der Waals surface area contributed by atoms with Crippen molar-refractivity contribution in [3.8, 4) is 6.07 Å². The molecule has 6 nitrogen and oxygen atoms in total. The average Bonchev–Trinajstić information content (AvgIpc) is 3.03. The summed E-state index contributed by atoms with van der Waals surface area (Å²) >= 11 is 0. The lowest BCUT2D eigenvalue weighted by Gasteiger charge is -2.08. The summed E-state index contributed by atoms with van der Waals surface area (Å²) in [7, 11) is 0. The number of nitrogens with one attached hydrogen (secondary N) is 2. The van der Waals surface area contributed by atoms with E-state index in [0.29, 0.717) is 28.1 Å². The lowest BCUT2D eigenvalue weighted by molar-refractivity contribution is 0.102. The summed E-state index contributed by atoms with van der Waals surface area (Å²) in [5.41, 5.74) is 1.99. The summed E-state index contributed by atoms with van der Waals surface area (Å²) < 4.78 is 5.54. The number of benzene rings is 2. The molecule has 2 aromatic carbocycles. The monoisotopic (exact) mass is 342 g/mol. The number of anilines is 1. The normalized spacial score (nSPS) is 14.3. The van der Waals surface area contributed by atoms with E-state index in [0.717, 1.165) is 0 Å². The summed E-state index contributed by atoms with van der Waals surface area (Å²) in [6.07, 6.45) is 3.08. The molecule has 0 aliphatic carbocycles. The zero-order valence-electron chi connectivity index (χ0n) is 13.7. The Hall–Kier alpha value is -3.98. The van der Waals surface area contributed by atoms with Crippen LogP contribution in [0.1, 0.15) is 21.5 Å². The predicted octanol–water partition coefficient (Wildman–Crippen LogP) is 3.63. The maximum absolute atomic E-state index is 12.4. The van der Waals surface area contributed by atoms with Crippen LogP contribution in [0.4, 0.5) is 5.69 Å². The zero-order valence-corrected chi connectivity index (χ0v) is 13.7. The number of carbonyl (C=O) groups excluding carboxylic acids is 1. The number of amidine groups is 1. The number of nitrogens with zero attached hydrogens (tertiary/aromatic N) is 2. The molecule has 1 heterocycles. The van der Waals surface area contributed by atoms with Crippen LogP contribution in [-0.4, -0.2) is 17.6 Å². The fraction of sp³-hybridized carbons (Fsp3) is 0. The standard InChI is InChI=1S/C20H14N4O2/c1-2-5-17-18(22)24-20(26-17)15-8-4-9-16(11-15)23-19(25)14-7-3-6-13(10-14)12-21/h2-11,22H,1H2,(H,23,25)/b17-5+,22-18?. The molecule has 0 aromatic heterocycles. The van der Waals surface area contributed by atoms with E-state index >= 15 is 0 Å². The van der Waals surface area contributed by atoms with Crippen LogP contribution in [0.5, 0.6) is 0 Å². The molecule has 2 aromatic rings. The number of ether oxygens (including phenoxy) is 1. The summed E-state index contributed by atoms with van der Waals surface area (Å²) in [6.45, 7) is 3.57. The first-order valence-corrected chi connectivity index (χ1v) is 7.71. The number of nitriles is 1. The van der Waals surface area contributed by atoms with E-state index in [2.05, 4.69) is 16.9 Å². The molecule has 126 valence electrons. The Morgan fingerprint density at radius 1 is 1.27 bits per heavy atom. The van der Waals surface area contributed by atoms with Crippen molar-refractivity contribution < 1.29 is 9.53 Å². The number of rotatable bonds is 4. The van der Waals surface area contributed by atoms with E-state index < -0.39 is 0 Å². The minimum Gasteiger partial charge on any atom is -0.434 e. The van der Waals surface area contributed by atoms with E-state index in [1.807, 2.05) is 6.07 Å². The number of hydrogen-bond acceptors (Lipinski definition) is 4. The highest BCUT2D eigenvalue weighted by molar-refractivity contribution is 6.14. The topological polar surface area (TPSA) is 98.3 Å². The average molecular weight is 342 g/mol. The zero-order chi connectivity index (χ0) is 18.5. The van der Waals surface area contributed by atoms with Crippen LogP contribution in [0.3, 0.4) is 0 Å². The molecule has 0 radical (unpaired) electrons. The highest BCUT2D eigenvalue weighted by Crippen LogP contribution is 2.20. The molecular formula is C20H14N4O2. The lowest BCUT2D eigenvalue weighted by Crippen LogP contribution is -2.12. The van der Waals surface area contributed by atoms with Gasteiger partial charge in [-0.15, -0.1) is 0 Å². The van der Waals surface area contributed by atoms with E-state index in [9.17, 15) is 4.79 Å². The van der Waals surface area contributed by atoms with Gasteiger partial charge in [-0.05, 0) is 42.5 Å². The Labute approximate surface area is 150 Å². The van der Waals surface area contributed by atoms with Crippen LogP contribution in [0, 0.1) is 16.7 Å². The van der Waals surface area contributed by atoms with Gasteiger partial charge in [0.05, 0.1) is 11.6 Å². The van der Waals surface area contributed by atoms with Crippen molar-refractivity contribution in [1.29, 1.82) is 10.7 Å². The Morgan fingerprint density at radius 2 is 2.08 bits per heavy atom. The quantitative estimate of drug-likeness (QED) is 0.887. The van der Waals surface area contributed by atoms with Gasteiger partial charge in [0.1, 0.15) is 0 Å². The molecule has 6 heteroatoms. The molecule has 0 spiro atoms. The molecule has 1 amide bonds. The van der Waals surface area contributed by atoms with E-state index in [1.165, 1.54) is 12.1 Å². The first-order chi connectivity index (χ1) is 12.6. The van der Waals surface area contributed by atoms with Crippen LogP contribution >= 0.6 is 0 Å². The number of allylic oxidation sites excluding steroid dienone is 2. The van der Waals surface area contributed by atoms with Crippen molar-refractivity contribution in [1.82, 2.24) is 0 Å². The van der Waals surface area contributed by atoms with Crippen molar-refractivity contribution in [2.45, 2.75) is 0 Å². The molecule has 1 aliphatic heterocycles. The Balaban J connectivity index is 1.80. The van der Waals surface area contributed by atoms with Crippen LogP contribution in [-0.2, 0) is 4.74 Å². The van der Waals surface area contributed by atoms with Crippen molar-refractivity contribution in [2.24, 2.45) is 4.99 Å². The molecule has 2 N–H and O–H groups in total. The minimum atomic E-state index is -0.325. The third-order valence-corrected chi connectivity index (χ3v) is 3.54. The van der Waals surface area contributed by atoms with Crippen LogP contribution in [0.15, 0.2) is 78.0 Å². The highest BCUT2D eigenvalue weighted by Gasteiger charge is 2.20. The number of amides is 1. The Bertz CT molecular complexity index is 1010. The van der Waals surface area contributed by atoms with Gasteiger partial charge >= 0.3 is 0 Å². The van der Waals surface area contributed by atoms with E-state index in [4.69, 9.17) is 15.4 Å². The largest absolute Gasteiger partial charge is 0.434 e. The van der Waals surface area contributed by atoms with Crippen LogP contribution in [0.2, 0.25) is 0 Å². The van der Waals surface area contributed by atoms with Gasteiger partial charge < -0.3 is 10.1 Å². The second kappa shape index (κ2) is 7.28. The summed E-state index contributed by atoms with van der Waals surface area (Å²) in [5, 5.41) is 19.5. The number of carbonyl (C=O) groups is 1.